The Morgan fingerprint density at radius 1 is 0.643 bits per heavy atom. The van der Waals surface area contributed by atoms with E-state index in [0.717, 1.165) is 0 Å². The maximum absolute atomic E-state index is 12.2. The molecule has 0 saturated heterocycles. The first kappa shape index (κ1) is 40.5. The Kier molecular flexibility index (Phi) is 18.3. The van der Waals surface area contributed by atoms with Gasteiger partial charge in [0.05, 0.1) is 13.1 Å². The van der Waals surface area contributed by atoms with Crippen LogP contribution in [-0.2, 0) is 23.2 Å². The van der Waals surface area contributed by atoms with Crippen LogP contribution in [0.5, 0.6) is 0 Å². The van der Waals surface area contributed by atoms with Crippen molar-refractivity contribution in [1.29, 1.82) is 0 Å². The zero-order chi connectivity index (χ0) is 32.5. The van der Waals surface area contributed by atoms with Gasteiger partial charge in [0.1, 0.15) is 12.4 Å². The van der Waals surface area contributed by atoms with Gasteiger partial charge >= 0.3 is 23.3 Å². The molecule has 250 valence electrons. The number of rotatable bonds is 21. The molecule has 0 aliphatic carbocycles. The van der Waals surface area contributed by atoms with Gasteiger partial charge in [0.25, 0.3) is 0 Å². The molecule has 0 aromatic carbocycles. The van der Waals surface area contributed by atoms with Crippen molar-refractivity contribution >= 4 is 10.1 Å². The van der Waals surface area contributed by atoms with E-state index in [1.807, 2.05) is 0 Å². The van der Waals surface area contributed by atoms with Crippen molar-refractivity contribution < 1.29 is 57.1 Å². The predicted molar refractivity (Wildman–Crippen MR) is 140 cm³/mol. The number of nitrogens with zero attached hydrogens (tertiary/aromatic N) is 2. The van der Waals surface area contributed by atoms with Gasteiger partial charge in [0.2, 0.25) is 6.33 Å². The van der Waals surface area contributed by atoms with Gasteiger partial charge in [-0.15, -0.1) is 0 Å². The van der Waals surface area contributed by atoms with Crippen molar-refractivity contribution in [3.8, 4) is 0 Å². The molecule has 1 aromatic heterocycles. The van der Waals surface area contributed by atoms with Crippen LogP contribution in [0.4, 0.5) is 39.5 Å². The summed E-state index contributed by atoms with van der Waals surface area (Å²) in [6.45, 7) is 6.96. The Hall–Kier alpha value is -1.51. The Bertz CT molecular complexity index is 953. The summed E-state index contributed by atoms with van der Waals surface area (Å²) in [7, 11) is -7.42. The molecule has 0 bridgehead atoms. The number of hydrogen-bond acceptors (Lipinski definition) is 3. The first-order chi connectivity index (χ1) is 19.4. The number of hydrogen-bond donors (Lipinski definition) is 0. The minimum Gasteiger partial charge on any atom is -0.743 e. The fourth-order valence-corrected chi connectivity index (χ4v) is 4.52. The van der Waals surface area contributed by atoms with Crippen molar-refractivity contribution in [2.45, 2.75) is 153 Å². The molecule has 5 nitrogen and oxygen atoms in total. The summed E-state index contributed by atoms with van der Waals surface area (Å²) in [6, 6.07) is 0. The summed E-state index contributed by atoms with van der Waals surface area (Å²) >= 11 is 0. The lowest BCUT2D eigenvalue weighted by Crippen LogP contribution is -2.63. The average molecular weight is 649 g/mol. The molecule has 0 spiro atoms. The third-order valence-electron chi connectivity index (χ3n) is 6.72. The van der Waals surface area contributed by atoms with Gasteiger partial charge < -0.3 is 4.55 Å². The molecule has 0 unspecified atom stereocenters. The monoisotopic (exact) mass is 648 g/mol. The van der Waals surface area contributed by atoms with E-state index in [1.54, 1.807) is 0 Å². The van der Waals surface area contributed by atoms with Gasteiger partial charge in [0, 0.05) is 0 Å². The quantitative estimate of drug-likeness (QED) is 0.0579. The second kappa shape index (κ2) is 19.0. The Labute approximate surface area is 243 Å². The van der Waals surface area contributed by atoms with E-state index in [4.69, 9.17) is 0 Å². The Balaban J connectivity index is 0.000000865. The number of aromatic nitrogens is 2. The van der Waals surface area contributed by atoms with Gasteiger partial charge in [-0.3, -0.25) is 0 Å². The molecule has 1 aromatic rings. The normalized spacial score (nSPS) is 13.2. The van der Waals surface area contributed by atoms with Gasteiger partial charge in [-0.05, 0) is 25.7 Å². The molecule has 0 saturated carbocycles. The Morgan fingerprint density at radius 3 is 1.45 bits per heavy atom. The first-order valence-corrected chi connectivity index (χ1v) is 16.0. The zero-order valence-electron chi connectivity index (χ0n) is 24.4. The van der Waals surface area contributed by atoms with Crippen molar-refractivity contribution in [3.05, 3.63) is 18.7 Å². The lowest BCUT2D eigenvalue weighted by Gasteiger charge is -2.34. The maximum atomic E-state index is 12.2. The molecular formula is C27H45F9N2O3S. The van der Waals surface area contributed by atoms with Crippen LogP contribution in [0.3, 0.4) is 0 Å². The summed E-state index contributed by atoms with van der Waals surface area (Å²) in [5.74, 6) is -14.8. The van der Waals surface area contributed by atoms with E-state index < -0.39 is 33.4 Å². The molecule has 0 aliphatic heterocycles. The second-order valence-corrected chi connectivity index (χ2v) is 11.9. The topological polar surface area (TPSA) is 66.0 Å². The highest BCUT2D eigenvalue weighted by molar-refractivity contribution is 7.86. The summed E-state index contributed by atoms with van der Waals surface area (Å²) in [5.41, 5.74) is 0. The minimum atomic E-state index is -7.43. The third-order valence-corrected chi connectivity index (χ3v) is 7.60. The van der Waals surface area contributed by atoms with E-state index in [2.05, 4.69) is 41.7 Å². The molecule has 42 heavy (non-hydrogen) atoms. The second-order valence-electron chi connectivity index (χ2n) is 10.5. The van der Waals surface area contributed by atoms with Crippen molar-refractivity contribution in [1.82, 2.24) is 4.57 Å². The number of imidazole rings is 1. The molecule has 0 fully saturated rings. The predicted octanol–water partition coefficient (Wildman–Crippen LogP) is 9.01. The lowest BCUT2D eigenvalue weighted by atomic mass is 10.1. The van der Waals surface area contributed by atoms with Crippen molar-refractivity contribution in [2.75, 3.05) is 0 Å². The third kappa shape index (κ3) is 13.4. The lowest BCUT2D eigenvalue weighted by molar-refractivity contribution is -0.696. The van der Waals surface area contributed by atoms with Gasteiger partial charge in [-0.25, -0.2) is 17.6 Å². The molecule has 1 rings (SSSR count). The SMILES string of the molecule is CCCCCCCCCCCC[n+]1ccn(CCCCCCCC)c1.O=S(=O)([O-])C(F)(F)C(F)(F)C(F)(F)C(F)(F)F. The van der Waals surface area contributed by atoms with Crippen LogP contribution in [0.1, 0.15) is 117 Å². The van der Waals surface area contributed by atoms with E-state index >= 15 is 0 Å². The number of halogens is 9. The molecule has 0 aliphatic rings. The standard InChI is InChI=1S/C23H45N2.C4HF9O3S/c1-3-5-7-9-11-12-13-14-16-18-20-25-22-21-24(23-25)19-17-15-10-8-6-4-2;5-1(6,3(9,10)11)2(7,8)4(12,13)17(14,15)16/h21-23H,3-20H2,1-2H3;(H,14,15,16)/q+1;/p-1. The summed E-state index contributed by atoms with van der Waals surface area (Å²) < 4.78 is 140. The molecular weight excluding hydrogens is 603 g/mol. The molecule has 0 atom stereocenters. The highest BCUT2D eigenvalue weighted by Crippen LogP contribution is 2.54. The van der Waals surface area contributed by atoms with Crippen LogP contribution in [0, 0.1) is 0 Å². The van der Waals surface area contributed by atoms with Crippen LogP contribution in [-0.4, -0.2) is 40.8 Å². The van der Waals surface area contributed by atoms with Crippen LogP contribution >= 0.6 is 0 Å². The number of aryl methyl sites for hydroxylation is 2. The van der Waals surface area contributed by atoms with Gasteiger partial charge in [-0.2, -0.15) is 39.5 Å². The molecule has 0 radical (unpaired) electrons. The van der Waals surface area contributed by atoms with Crippen molar-refractivity contribution in [2.24, 2.45) is 0 Å². The smallest absolute Gasteiger partial charge is 0.460 e. The highest BCUT2D eigenvalue weighted by Gasteiger charge is 2.83. The van der Waals surface area contributed by atoms with Gasteiger partial charge in [0.15, 0.2) is 10.1 Å². The van der Waals surface area contributed by atoms with E-state index in [1.165, 1.54) is 116 Å². The molecule has 0 N–H and O–H groups in total. The highest BCUT2D eigenvalue weighted by atomic mass is 32.2. The average Bonchev–Trinajstić information content (AvgIpc) is 3.33. The summed E-state index contributed by atoms with van der Waals surface area (Å²) in [6.07, 6.45) is 22.1. The van der Waals surface area contributed by atoms with Crippen LogP contribution in [0.25, 0.3) is 0 Å². The molecule has 15 heteroatoms. The van der Waals surface area contributed by atoms with Crippen LogP contribution < -0.4 is 4.57 Å². The van der Waals surface area contributed by atoms with Crippen LogP contribution in [0.15, 0.2) is 18.7 Å². The Morgan fingerprint density at radius 2 is 1.05 bits per heavy atom. The maximum Gasteiger partial charge on any atom is 0.460 e. The van der Waals surface area contributed by atoms with E-state index in [-0.39, 0.29) is 0 Å². The molecule has 0 amide bonds. The van der Waals surface area contributed by atoms with E-state index in [9.17, 15) is 52.5 Å². The number of unbranched alkanes of at least 4 members (excludes halogenated alkanes) is 14. The fourth-order valence-electron chi connectivity index (χ4n) is 4.08. The summed E-state index contributed by atoms with van der Waals surface area (Å²) in [5, 5.41) is -7.11. The first-order valence-electron chi connectivity index (χ1n) is 14.6. The summed E-state index contributed by atoms with van der Waals surface area (Å²) in [4.78, 5) is 0. The van der Waals surface area contributed by atoms with E-state index in [0.29, 0.717) is 0 Å². The largest absolute Gasteiger partial charge is 0.743 e. The number of alkyl halides is 9. The minimum absolute atomic E-state index is 1.19. The zero-order valence-corrected chi connectivity index (χ0v) is 25.2. The van der Waals surface area contributed by atoms with Crippen molar-refractivity contribution in [3.63, 3.8) is 0 Å². The molecule has 1 heterocycles. The fraction of sp³-hybridized carbons (Fsp3) is 0.889. The van der Waals surface area contributed by atoms with Gasteiger partial charge in [-0.1, -0.05) is 90.9 Å². The van der Waals surface area contributed by atoms with Crippen LogP contribution in [0.2, 0.25) is 0 Å².